The van der Waals surface area contributed by atoms with Crippen LogP contribution in [0.5, 0.6) is 0 Å². The van der Waals surface area contributed by atoms with Crippen molar-refractivity contribution in [1.29, 1.82) is 0 Å². The minimum atomic E-state index is 0.129. The van der Waals surface area contributed by atoms with Crippen molar-refractivity contribution in [3.8, 4) is 0 Å². The van der Waals surface area contributed by atoms with Gasteiger partial charge in [0.1, 0.15) is 0 Å². The lowest BCUT2D eigenvalue weighted by molar-refractivity contribution is 0.164. The van der Waals surface area contributed by atoms with Crippen LogP contribution in [0.4, 0.5) is 4.79 Å². The lowest BCUT2D eigenvalue weighted by atomic mass is 10.1. The van der Waals surface area contributed by atoms with E-state index in [-0.39, 0.29) is 6.03 Å². The number of nitrogens with one attached hydrogen (secondary N) is 1. The molecule has 88 valence electrons. The van der Waals surface area contributed by atoms with Crippen LogP contribution in [0, 0.1) is 0 Å². The largest absolute Gasteiger partial charge is 0.336 e. The van der Waals surface area contributed by atoms with Crippen LogP contribution in [0.2, 0.25) is 0 Å². The number of carbonyl (C=O) groups is 1. The first-order chi connectivity index (χ1) is 7.24. The van der Waals surface area contributed by atoms with Gasteiger partial charge in [0.05, 0.1) is 0 Å². The minimum absolute atomic E-state index is 0.129. The van der Waals surface area contributed by atoms with E-state index in [2.05, 4.69) is 19.2 Å². The topological polar surface area (TPSA) is 32.3 Å². The molecule has 0 bridgehead atoms. The van der Waals surface area contributed by atoms with Gasteiger partial charge < -0.3 is 10.2 Å². The molecule has 1 rings (SSSR count). The van der Waals surface area contributed by atoms with Gasteiger partial charge in [-0.05, 0) is 19.8 Å². The molecule has 1 fully saturated rings. The maximum Gasteiger partial charge on any atom is 0.317 e. The average Bonchev–Trinajstić information content (AvgIpc) is 2.09. The third-order valence-electron chi connectivity index (χ3n) is 3.00. The first-order valence-corrected chi connectivity index (χ1v) is 6.29. The fourth-order valence-corrected chi connectivity index (χ4v) is 1.77. The number of rotatable bonds is 6. The van der Waals surface area contributed by atoms with Gasteiger partial charge in [0.2, 0.25) is 0 Å². The highest BCUT2D eigenvalue weighted by Crippen LogP contribution is 2.08. The molecule has 0 unspecified atom stereocenters. The van der Waals surface area contributed by atoms with E-state index in [9.17, 15) is 4.79 Å². The normalized spacial score (nSPS) is 17.1. The van der Waals surface area contributed by atoms with Crippen LogP contribution in [-0.4, -0.2) is 30.1 Å². The maximum atomic E-state index is 11.5. The summed E-state index contributed by atoms with van der Waals surface area (Å²) in [6, 6.07) is 0.458. The van der Waals surface area contributed by atoms with E-state index in [1.54, 1.807) is 0 Å². The van der Waals surface area contributed by atoms with E-state index in [0.29, 0.717) is 6.04 Å². The van der Waals surface area contributed by atoms with Gasteiger partial charge in [-0.15, -0.1) is 0 Å². The molecule has 0 aliphatic carbocycles. The van der Waals surface area contributed by atoms with Crippen molar-refractivity contribution < 1.29 is 4.79 Å². The number of carbonyl (C=O) groups excluding carboxylic acids is 1. The Morgan fingerprint density at radius 2 is 2.07 bits per heavy atom. The molecule has 0 spiro atoms. The third kappa shape index (κ3) is 4.54. The van der Waals surface area contributed by atoms with E-state index in [1.165, 1.54) is 25.7 Å². The van der Waals surface area contributed by atoms with Gasteiger partial charge in [-0.25, -0.2) is 4.79 Å². The summed E-state index contributed by atoms with van der Waals surface area (Å²) >= 11 is 0. The summed E-state index contributed by atoms with van der Waals surface area (Å²) in [4.78, 5) is 13.4. The number of urea groups is 1. The Bertz CT molecular complexity index is 190. The highest BCUT2D eigenvalue weighted by Gasteiger charge is 2.20. The SMILES string of the molecule is CCCCCC[C@@H](C)NC(=O)N1CCC1. The molecule has 15 heavy (non-hydrogen) atoms. The zero-order chi connectivity index (χ0) is 11.1. The van der Waals surface area contributed by atoms with Crippen molar-refractivity contribution in [2.45, 2.75) is 58.4 Å². The van der Waals surface area contributed by atoms with Crippen LogP contribution >= 0.6 is 0 Å². The number of unbranched alkanes of at least 4 members (excludes halogenated alkanes) is 3. The zero-order valence-corrected chi connectivity index (χ0v) is 10.1. The van der Waals surface area contributed by atoms with Gasteiger partial charge in [0, 0.05) is 19.1 Å². The van der Waals surface area contributed by atoms with Crippen molar-refractivity contribution >= 4 is 6.03 Å². The second-order valence-electron chi connectivity index (χ2n) is 4.54. The van der Waals surface area contributed by atoms with Crippen molar-refractivity contribution in [2.75, 3.05) is 13.1 Å². The van der Waals surface area contributed by atoms with Gasteiger partial charge in [-0.2, -0.15) is 0 Å². The summed E-state index contributed by atoms with van der Waals surface area (Å²) in [5, 5.41) is 3.05. The summed E-state index contributed by atoms with van der Waals surface area (Å²) < 4.78 is 0. The number of nitrogens with zero attached hydrogens (tertiary/aromatic N) is 1. The van der Waals surface area contributed by atoms with Crippen molar-refractivity contribution in [2.24, 2.45) is 0 Å². The maximum absolute atomic E-state index is 11.5. The van der Waals surface area contributed by atoms with Gasteiger partial charge in [0.15, 0.2) is 0 Å². The predicted molar refractivity (Wildman–Crippen MR) is 62.9 cm³/mol. The summed E-state index contributed by atoms with van der Waals surface area (Å²) in [5.41, 5.74) is 0. The van der Waals surface area contributed by atoms with Crippen molar-refractivity contribution in [1.82, 2.24) is 10.2 Å². The van der Waals surface area contributed by atoms with E-state index in [0.717, 1.165) is 25.9 Å². The van der Waals surface area contributed by atoms with Gasteiger partial charge in [0.25, 0.3) is 0 Å². The molecule has 1 aliphatic rings. The first kappa shape index (κ1) is 12.3. The van der Waals surface area contributed by atoms with E-state index >= 15 is 0 Å². The van der Waals surface area contributed by atoms with E-state index in [4.69, 9.17) is 0 Å². The Morgan fingerprint density at radius 1 is 1.33 bits per heavy atom. The molecule has 1 heterocycles. The summed E-state index contributed by atoms with van der Waals surface area (Å²) in [7, 11) is 0. The summed E-state index contributed by atoms with van der Waals surface area (Å²) in [6.45, 7) is 6.20. The highest BCUT2D eigenvalue weighted by molar-refractivity contribution is 5.75. The molecule has 1 aliphatic heterocycles. The highest BCUT2D eigenvalue weighted by atomic mass is 16.2. The molecule has 0 aromatic carbocycles. The number of likely N-dealkylation sites (tertiary alicyclic amines) is 1. The molecule has 3 heteroatoms. The van der Waals surface area contributed by atoms with Crippen LogP contribution in [0.3, 0.4) is 0 Å². The van der Waals surface area contributed by atoms with E-state index in [1.807, 2.05) is 4.90 Å². The Morgan fingerprint density at radius 3 is 2.60 bits per heavy atom. The van der Waals surface area contributed by atoms with Gasteiger partial charge >= 0.3 is 6.03 Å². The average molecular weight is 212 g/mol. The third-order valence-corrected chi connectivity index (χ3v) is 3.00. The zero-order valence-electron chi connectivity index (χ0n) is 10.1. The Hall–Kier alpha value is -0.730. The van der Waals surface area contributed by atoms with Crippen LogP contribution in [0.25, 0.3) is 0 Å². The molecule has 0 aromatic rings. The van der Waals surface area contributed by atoms with Crippen LogP contribution in [0.1, 0.15) is 52.4 Å². The fraction of sp³-hybridized carbons (Fsp3) is 0.917. The summed E-state index contributed by atoms with van der Waals surface area (Å²) in [5.74, 6) is 0. The van der Waals surface area contributed by atoms with Crippen LogP contribution in [0.15, 0.2) is 0 Å². The second-order valence-corrected chi connectivity index (χ2v) is 4.54. The summed E-state index contributed by atoms with van der Waals surface area (Å²) in [6.07, 6.45) is 7.38. The van der Waals surface area contributed by atoms with Crippen molar-refractivity contribution in [3.05, 3.63) is 0 Å². The van der Waals surface area contributed by atoms with Gasteiger partial charge in [-0.3, -0.25) is 0 Å². The Kier molecular flexibility index (Phi) is 5.51. The Labute approximate surface area is 93.2 Å². The molecular formula is C12H24N2O. The van der Waals surface area contributed by atoms with Crippen LogP contribution in [-0.2, 0) is 0 Å². The molecular weight excluding hydrogens is 188 g/mol. The first-order valence-electron chi connectivity index (χ1n) is 6.29. The van der Waals surface area contributed by atoms with Crippen LogP contribution < -0.4 is 5.32 Å². The predicted octanol–water partition coefficient (Wildman–Crippen LogP) is 2.76. The molecule has 0 aromatic heterocycles. The number of hydrogen-bond acceptors (Lipinski definition) is 1. The molecule has 0 saturated carbocycles. The monoisotopic (exact) mass is 212 g/mol. The standard InChI is InChI=1S/C12H24N2O/c1-3-4-5-6-8-11(2)13-12(15)14-9-7-10-14/h11H,3-10H2,1-2H3,(H,13,15)/t11-/m1/s1. The quantitative estimate of drug-likeness (QED) is 0.675. The molecule has 1 saturated heterocycles. The molecule has 0 radical (unpaired) electrons. The molecule has 3 nitrogen and oxygen atoms in total. The number of amides is 2. The second kappa shape index (κ2) is 6.70. The number of hydrogen-bond donors (Lipinski definition) is 1. The van der Waals surface area contributed by atoms with E-state index < -0.39 is 0 Å². The fourth-order valence-electron chi connectivity index (χ4n) is 1.77. The Balaban J connectivity index is 2.01. The lowest BCUT2D eigenvalue weighted by Gasteiger charge is -2.32. The lowest BCUT2D eigenvalue weighted by Crippen LogP contribution is -2.50. The molecule has 1 N–H and O–H groups in total. The minimum Gasteiger partial charge on any atom is -0.336 e. The smallest absolute Gasteiger partial charge is 0.317 e. The van der Waals surface area contributed by atoms with Gasteiger partial charge in [-0.1, -0.05) is 32.6 Å². The molecule has 2 amide bonds. The van der Waals surface area contributed by atoms with Crippen molar-refractivity contribution in [3.63, 3.8) is 0 Å². The molecule has 1 atom stereocenters.